The molecule has 0 unspecified atom stereocenters. The molecule has 0 heterocycles. The van der Waals surface area contributed by atoms with Crippen LogP contribution in [0.15, 0.2) is 0 Å². The van der Waals surface area contributed by atoms with Crippen LogP contribution in [0.25, 0.3) is 0 Å². The van der Waals surface area contributed by atoms with Gasteiger partial charge >= 0.3 is 37.7 Å². The van der Waals surface area contributed by atoms with E-state index in [2.05, 4.69) is 0 Å². The standard InChI is InChI=1S/CH4.Ca.4FH.H2O.2H/h1H4;;4*1H;1H2;;/q;+2;;;;;;2*-1. The number of hydrogen-bond donors (Lipinski definition) is 0. The van der Waals surface area contributed by atoms with Crippen molar-refractivity contribution in [3.05, 3.63) is 0 Å². The Morgan fingerprint density at radius 1 is 0.714 bits per heavy atom. The summed E-state index contributed by atoms with van der Waals surface area (Å²) in [6.07, 6.45) is 0. The summed E-state index contributed by atoms with van der Waals surface area (Å²) in [6.45, 7) is 0. The maximum atomic E-state index is 0. The van der Waals surface area contributed by atoms with Gasteiger partial charge in [0.15, 0.2) is 0 Å². The second-order valence-corrected chi connectivity index (χ2v) is 0. The van der Waals surface area contributed by atoms with E-state index in [1.807, 2.05) is 0 Å². The second-order valence-electron chi connectivity index (χ2n) is 0. The Morgan fingerprint density at radius 2 is 0.714 bits per heavy atom. The fourth-order valence-electron chi connectivity index (χ4n) is 0. The van der Waals surface area contributed by atoms with Crippen LogP contribution in [-0.4, -0.2) is 43.2 Å². The summed E-state index contributed by atoms with van der Waals surface area (Å²) in [5.41, 5.74) is 0. The Kier molecular flexibility index (Phi) is 17100. The predicted molar refractivity (Wildman–Crippen MR) is 28.3 cm³/mol. The largest absolute Gasteiger partial charge is 2.00 e. The van der Waals surface area contributed by atoms with Gasteiger partial charge in [-0.1, -0.05) is 7.43 Å². The number of halogens is 4. The van der Waals surface area contributed by atoms with E-state index >= 15 is 0 Å². The molecule has 6 heteroatoms. The van der Waals surface area contributed by atoms with Crippen LogP contribution >= 0.6 is 0 Å². The molecule has 0 spiro atoms. The third-order valence-corrected chi connectivity index (χ3v) is 0. The molecule has 0 aromatic rings. The van der Waals surface area contributed by atoms with Crippen LogP contribution in [0.1, 0.15) is 10.3 Å². The van der Waals surface area contributed by atoms with Gasteiger partial charge in [0.05, 0.1) is 0 Å². The first-order chi connectivity index (χ1) is 0. The molecule has 0 aliphatic rings. The van der Waals surface area contributed by atoms with Crippen LogP contribution in [0.2, 0.25) is 0 Å². The SMILES string of the molecule is C.F.F.F.F.O.[Ca+2].[H-].[H-]. The smallest absolute Gasteiger partial charge is 1.00 e. The Hall–Kier alpha value is 0.940. The minimum atomic E-state index is 0. The van der Waals surface area contributed by atoms with Gasteiger partial charge in [-0.15, -0.1) is 0 Å². The fraction of sp³-hybridized carbons (Fsp3) is 1.00. The van der Waals surface area contributed by atoms with Gasteiger partial charge in [0.2, 0.25) is 0 Å². The van der Waals surface area contributed by atoms with Gasteiger partial charge in [-0.05, 0) is 0 Å². The summed E-state index contributed by atoms with van der Waals surface area (Å²) in [6, 6.07) is 0. The van der Waals surface area contributed by atoms with Crippen LogP contribution in [-0.2, 0) is 0 Å². The van der Waals surface area contributed by atoms with E-state index in [0.29, 0.717) is 0 Å². The van der Waals surface area contributed by atoms with Crippen LogP contribution in [0, 0.1) is 0 Å². The normalized spacial score (nSPS) is 0. The summed E-state index contributed by atoms with van der Waals surface area (Å²) in [4.78, 5) is 0. The van der Waals surface area contributed by atoms with Gasteiger partial charge in [0.25, 0.3) is 0 Å². The van der Waals surface area contributed by atoms with E-state index in [1.165, 1.54) is 0 Å². The Labute approximate surface area is 72.2 Å². The predicted octanol–water partition coefficient (Wildman–Crippen LogP) is 0.266. The average Bonchev–Trinajstić information content (AvgIpc) is 0. The molecular formula is CH12CaF4O. The first-order valence-electron chi connectivity index (χ1n) is 0. The van der Waals surface area contributed by atoms with Gasteiger partial charge in [0, 0.05) is 0 Å². The maximum absolute atomic E-state index is 0. The maximum Gasteiger partial charge on any atom is 2.00 e. The van der Waals surface area contributed by atoms with Gasteiger partial charge in [0.1, 0.15) is 0 Å². The zero-order valence-corrected chi connectivity index (χ0v) is 5.05. The molecule has 0 aliphatic carbocycles. The topological polar surface area (TPSA) is 31.5 Å². The van der Waals surface area contributed by atoms with E-state index in [4.69, 9.17) is 0 Å². The molecule has 1 nitrogen and oxygen atoms in total. The van der Waals surface area contributed by atoms with Crippen molar-refractivity contribution in [2.24, 2.45) is 0 Å². The molecular weight excluding hydrogens is 144 g/mol. The van der Waals surface area contributed by atoms with E-state index in [-0.39, 0.29) is 72.3 Å². The molecule has 0 aliphatic heterocycles. The van der Waals surface area contributed by atoms with E-state index < -0.39 is 0 Å². The van der Waals surface area contributed by atoms with Crippen molar-refractivity contribution < 1.29 is 27.1 Å². The monoisotopic (exact) mass is 156 g/mol. The molecule has 0 saturated heterocycles. The minimum Gasteiger partial charge on any atom is -1.00 e. The summed E-state index contributed by atoms with van der Waals surface area (Å²) in [5, 5.41) is 0. The van der Waals surface area contributed by atoms with Crippen molar-refractivity contribution in [1.29, 1.82) is 0 Å². The molecule has 2 N–H and O–H groups in total. The Balaban J connectivity index is 0. The van der Waals surface area contributed by atoms with E-state index in [1.54, 1.807) is 0 Å². The summed E-state index contributed by atoms with van der Waals surface area (Å²) < 4.78 is 0. The minimum absolute atomic E-state index is 0. The molecule has 52 valence electrons. The molecule has 0 atom stereocenters. The van der Waals surface area contributed by atoms with Gasteiger partial charge < -0.3 is 8.33 Å². The van der Waals surface area contributed by atoms with Crippen molar-refractivity contribution in [3.8, 4) is 0 Å². The van der Waals surface area contributed by atoms with Crippen LogP contribution in [0.3, 0.4) is 0 Å². The zero-order valence-electron chi connectivity index (χ0n) is 4.84. The summed E-state index contributed by atoms with van der Waals surface area (Å²) >= 11 is 0. The van der Waals surface area contributed by atoms with E-state index in [9.17, 15) is 0 Å². The first-order valence-corrected chi connectivity index (χ1v) is 0. The third kappa shape index (κ3) is 192. The van der Waals surface area contributed by atoms with Gasteiger partial charge in [-0.2, -0.15) is 0 Å². The zero-order chi connectivity index (χ0) is 0. The molecule has 0 aromatic carbocycles. The van der Waals surface area contributed by atoms with Crippen LogP contribution in [0.4, 0.5) is 18.8 Å². The quantitative estimate of drug-likeness (QED) is 0.356. The number of rotatable bonds is 0. The molecule has 0 aromatic heterocycles. The Morgan fingerprint density at radius 3 is 0.714 bits per heavy atom. The fourth-order valence-corrected chi connectivity index (χ4v) is 0. The van der Waals surface area contributed by atoms with Crippen molar-refractivity contribution in [2.75, 3.05) is 0 Å². The second kappa shape index (κ2) is 277. The van der Waals surface area contributed by atoms with E-state index in [0.717, 1.165) is 0 Å². The van der Waals surface area contributed by atoms with Crippen molar-refractivity contribution >= 4 is 37.7 Å². The summed E-state index contributed by atoms with van der Waals surface area (Å²) in [5.74, 6) is 0. The van der Waals surface area contributed by atoms with Crippen LogP contribution < -0.4 is 0 Å². The average molecular weight is 156 g/mol. The van der Waals surface area contributed by atoms with Crippen molar-refractivity contribution in [3.63, 3.8) is 0 Å². The third-order valence-electron chi connectivity index (χ3n) is 0. The Bertz CT molecular complexity index is 18.5. The molecule has 0 saturated carbocycles. The first kappa shape index (κ1) is 433. The molecule has 0 amide bonds. The molecule has 0 bridgehead atoms. The molecule has 7 heavy (non-hydrogen) atoms. The number of hydrogen-bond acceptors (Lipinski definition) is 0. The van der Waals surface area contributed by atoms with Crippen molar-refractivity contribution in [1.82, 2.24) is 0 Å². The van der Waals surface area contributed by atoms with Crippen LogP contribution in [0.5, 0.6) is 0 Å². The molecule has 0 fully saturated rings. The van der Waals surface area contributed by atoms with Crippen molar-refractivity contribution in [2.45, 2.75) is 7.43 Å². The molecule has 0 radical (unpaired) electrons. The molecule has 0 rings (SSSR count). The van der Waals surface area contributed by atoms with Gasteiger partial charge in [-0.3, -0.25) is 18.8 Å². The summed E-state index contributed by atoms with van der Waals surface area (Å²) in [7, 11) is 0. The van der Waals surface area contributed by atoms with Gasteiger partial charge in [-0.25, -0.2) is 0 Å².